The van der Waals surface area contributed by atoms with Crippen molar-refractivity contribution in [3.8, 4) is 6.07 Å². The molecule has 0 radical (unpaired) electrons. The molecule has 33 heavy (non-hydrogen) atoms. The molecular formula is C23H25BrFN5O3. The standard InChI is InChI=1S/C23H25BrFN5O3/c24-17-10-15(25)7-14-9-19(29-20(14)17)23(33)30-18(6-12-3-4-12)22(32)28-16(11-26)8-13-2-1-5-27-21(13)31/h7,9-10,12-13,16,18,29H,1-6,8H2,(H,27,31)(H,28,32)(H,30,33)/t13-,16?,18?/m0/s1. The number of carbonyl (C=O) groups is 3. The first-order chi connectivity index (χ1) is 15.8. The number of hydrogen-bond donors (Lipinski definition) is 4. The van der Waals surface area contributed by atoms with E-state index in [0.29, 0.717) is 40.7 Å². The Bertz CT molecular complexity index is 1120. The number of nitrogens with zero attached hydrogens (tertiary/aromatic N) is 1. The summed E-state index contributed by atoms with van der Waals surface area (Å²) in [6, 6.07) is 4.59. The van der Waals surface area contributed by atoms with E-state index in [-0.39, 0.29) is 23.9 Å². The van der Waals surface area contributed by atoms with Gasteiger partial charge in [-0.25, -0.2) is 4.39 Å². The Balaban J connectivity index is 1.44. The first-order valence-corrected chi connectivity index (χ1v) is 11.9. The fourth-order valence-corrected chi connectivity index (χ4v) is 4.75. The number of rotatable bonds is 8. The largest absolute Gasteiger partial charge is 0.356 e. The third-order valence-electron chi connectivity index (χ3n) is 6.17. The number of nitrogens with one attached hydrogen (secondary N) is 4. The number of fused-ring (bicyclic) bond motifs is 1. The molecule has 2 aromatic rings. The van der Waals surface area contributed by atoms with Crippen LogP contribution in [0.25, 0.3) is 10.9 Å². The Kier molecular flexibility index (Phi) is 6.98. The molecule has 1 aromatic carbocycles. The number of amides is 3. The molecule has 1 aliphatic carbocycles. The van der Waals surface area contributed by atoms with Crippen LogP contribution in [0.3, 0.4) is 0 Å². The third kappa shape index (κ3) is 5.71. The van der Waals surface area contributed by atoms with E-state index in [0.717, 1.165) is 19.3 Å². The molecule has 1 aromatic heterocycles. The molecule has 2 aliphatic rings. The van der Waals surface area contributed by atoms with Gasteiger partial charge in [0.25, 0.3) is 5.91 Å². The van der Waals surface area contributed by atoms with Crippen LogP contribution in [0.5, 0.6) is 0 Å². The zero-order valence-electron chi connectivity index (χ0n) is 17.9. The number of nitriles is 1. The van der Waals surface area contributed by atoms with E-state index in [1.807, 2.05) is 0 Å². The van der Waals surface area contributed by atoms with Crippen molar-refractivity contribution < 1.29 is 18.8 Å². The first kappa shape index (κ1) is 23.2. The normalized spacial score (nSPS) is 19.9. The molecule has 174 valence electrons. The van der Waals surface area contributed by atoms with Crippen molar-refractivity contribution in [2.45, 2.75) is 50.6 Å². The van der Waals surface area contributed by atoms with Gasteiger partial charge in [-0.05, 0) is 65.7 Å². The summed E-state index contributed by atoms with van der Waals surface area (Å²) < 4.78 is 14.2. The molecule has 2 heterocycles. The summed E-state index contributed by atoms with van der Waals surface area (Å²) in [5.41, 5.74) is 0.792. The summed E-state index contributed by atoms with van der Waals surface area (Å²) in [4.78, 5) is 40.9. The van der Waals surface area contributed by atoms with Gasteiger partial charge in [0.15, 0.2) is 0 Å². The summed E-state index contributed by atoms with van der Waals surface area (Å²) in [5, 5.41) is 18.3. The zero-order valence-corrected chi connectivity index (χ0v) is 19.5. The highest BCUT2D eigenvalue weighted by Gasteiger charge is 2.33. The van der Waals surface area contributed by atoms with Gasteiger partial charge in [-0.3, -0.25) is 14.4 Å². The minimum Gasteiger partial charge on any atom is -0.356 e. The highest BCUT2D eigenvalue weighted by molar-refractivity contribution is 9.10. The van der Waals surface area contributed by atoms with E-state index in [2.05, 4.69) is 42.9 Å². The average Bonchev–Trinajstić information content (AvgIpc) is 3.49. The van der Waals surface area contributed by atoms with Crippen LogP contribution in [-0.2, 0) is 9.59 Å². The molecule has 0 bridgehead atoms. The second kappa shape index (κ2) is 9.91. The number of H-pyrrole nitrogens is 1. The van der Waals surface area contributed by atoms with Gasteiger partial charge in [0, 0.05) is 22.3 Å². The van der Waals surface area contributed by atoms with Crippen molar-refractivity contribution in [1.29, 1.82) is 5.26 Å². The first-order valence-electron chi connectivity index (χ1n) is 11.1. The van der Waals surface area contributed by atoms with Crippen LogP contribution < -0.4 is 16.0 Å². The summed E-state index contributed by atoms with van der Waals surface area (Å²) >= 11 is 3.28. The van der Waals surface area contributed by atoms with Crippen LogP contribution in [0.4, 0.5) is 4.39 Å². The molecule has 10 heteroatoms. The zero-order chi connectivity index (χ0) is 23.5. The van der Waals surface area contributed by atoms with Crippen LogP contribution in [0.1, 0.15) is 49.0 Å². The minimum atomic E-state index is -0.822. The Hall–Kier alpha value is -2.93. The van der Waals surface area contributed by atoms with E-state index < -0.39 is 29.7 Å². The van der Waals surface area contributed by atoms with Crippen LogP contribution in [0.15, 0.2) is 22.7 Å². The molecule has 3 amide bonds. The fraction of sp³-hybridized carbons (Fsp3) is 0.478. The molecule has 1 saturated heterocycles. The molecular weight excluding hydrogens is 493 g/mol. The molecule has 2 fully saturated rings. The minimum absolute atomic E-state index is 0.0972. The highest BCUT2D eigenvalue weighted by Crippen LogP contribution is 2.34. The van der Waals surface area contributed by atoms with Crippen LogP contribution in [-0.4, -0.2) is 41.3 Å². The lowest BCUT2D eigenvalue weighted by Gasteiger charge is -2.25. The molecule has 3 atom stereocenters. The lowest BCUT2D eigenvalue weighted by Crippen LogP contribution is -2.50. The summed E-state index contributed by atoms with van der Waals surface area (Å²) in [6.07, 6.45) is 4.20. The molecule has 0 spiro atoms. The maximum atomic E-state index is 13.7. The number of halogens is 2. The van der Waals surface area contributed by atoms with Gasteiger partial charge in [0.2, 0.25) is 11.8 Å². The lowest BCUT2D eigenvalue weighted by atomic mass is 9.92. The molecule has 2 unspecified atom stereocenters. The van der Waals surface area contributed by atoms with E-state index in [4.69, 9.17) is 0 Å². The van der Waals surface area contributed by atoms with E-state index in [1.54, 1.807) is 0 Å². The summed E-state index contributed by atoms with van der Waals surface area (Å²) in [6.45, 7) is 0.630. The smallest absolute Gasteiger partial charge is 0.268 e. The van der Waals surface area contributed by atoms with Crippen LogP contribution in [0.2, 0.25) is 0 Å². The Morgan fingerprint density at radius 2 is 2.00 bits per heavy atom. The van der Waals surface area contributed by atoms with Crippen molar-refractivity contribution in [3.63, 3.8) is 0 Å². The SMILES string of the molecule is N#CC(C[C@@H]1CCCNC1=O)NC(=O)C(CC1CC1)NC(=O)c1cc2cc(F)cc(Br)c2[nH]1. The summed E-state index contributed by atoms with van der Waals surface area (Å²) in [5.74, 6) is -1.43. The maximum Gasteiger partial charge on any atom is 0.268 e. The van der Waals surface area contributed by atoms with Gasteiger partial charge in [-0.2, -0.15) is 5.26 Å². The predicted octanol–water partition coefficient (Wildman–Crippen LogP) is 2.89. The number of carbonyl (C=O) groups excluding carboxylic acids is 3. The van der Waals surface area contributed by atoms with Crippen molar-refractivity contribution in [1.82, 2.24) is 20.9 Å². The average molecular weight is 518 g/mol. The topological polar surface area (TPSA) is 127 Å². The van der Waals surface area contributed by atoms with Gasteiger partial charge >= 0.3 is 0 Å². The summed E-state index contributed by atoms with van der Waals surface area (Å²) in [7, 11) is 0. The number of hydrogen-bond acceptors (Lipinski definition) is 4. The number of aromatic amines is 1. The van der Waals surface area contributed by atoms with Crippen LogP contribution >= 0.6 is 15.9 Å². The van der Waals surface area contributed by atoms with Gasteiger partial charge < -0.3 is 20.9 Å². The molecule has 4 N–H and O–H groups in total. The Labute approximate surface area is 198 Å². The number of aromatic nitrogens is 1. The van der Waals surface area contributed by atoms with E-state index in [1.165, 1.54) is 18.2 Å². The third-order valence-corrected chi connectivity index (χ3v) is 6.79. The monoisotopic (exact) mass is 517 g/mol. The van der Waals surface area contributed by atoms with Gasteiger partial charge in [-0.1, -0.05) is 12.8 Å². The van der Waals surface area contributed by atoms with Crippen molar-refractivity contribution in [2.24, 2.45) is 11.8 Å². The molecule has 1 aliphatic heterocycles. The van der Waals surface area contributed by atoms with Gasteiger partial charge in [0.1, 0.15) is 23.6 Å². The predicted molar refractivity (Wildman–Crippen MR) is 122 cm³/mol. The number of benzene rings is 1. The van der Waals surface area contributed by atoms with Crippen molar-refractivity contribution in [3.05, 3.63) is 34.2 Å². The Morgan fingerprint density at radius 1 is 1.21 bits per heavy atom. The second-order valence-electron chi connectivity index (χ2n) is 8.80. The van der Waals surface area contributed by atoms with E-state index >= 15 is 0 Å². The number of piperidine rings is 1. The fourth-order valence-electron chi connectivity index (χ4n) is 4.20. The quantitative estimate of drug-likeness (QED) is 0.429. The van der Waals surface area contributed by atoms with Gasteiger partial charge in [0.05, 0.1) is 11.6 Å². The van der Waals surface area contributed by atoms with E-state index in [9.17, 15) is 24.0 Å². The molecule has 4 rings (SSSR count). The molecule has 1 saturated carbocycles. The lowest BCUT2D eigenvalue weighted by molar-refractivity contribution is -0.128. The second-order valence-corrected chi connectivity index (χ2v) is 9.65. The molecule has 8 nitrogen and oxygen atoms in total. The van der Waals surface area contributed by atoms with Crippen molar-refractivity contribution >= 4 is 44.6 Å². The highest BCUT2D eigenvalue weighted by atomic mass is 79.9. The van der Waals surface area contributed by atoms with Crippen molar-refractivity contribution in [2.75, 3.05) is 6.54 Å². The van der Waals surface area contributed by atoms with Gasteiger partial charge in [-0.15, -0.1) is 0 Å². The van der Waals surface area contributed by atoms with Crippen LogP contribution in [0, 0.1) is 29.0 Å². The Morgan fingerprint density at radius 3 is 2.70 bits per heavy atom. The maximum absolute atomic E-state index is 13.7.